The number of carbonyl (C=O) groups excluding carboxylic acids is 2. The van der Waals surface area contributed by atoms with Gasteiger partial charge in [-0.1, -0.05) is 229 Å². The average molecular weight is 867 g/mol. The summed E-state index contributed by atoms with van der Waals surface area (Å²) in [5.41, 5.74) is 0. The third-order valence-electron chi connectivity index (χ3n) is 11.5. The molecule has 0 aromatic carbocycles. The van der Waals surface area contributed by atoms with Gasteiger partial charge in [0.2, 0.25) is 0 Å². The Balaban J connectivity index is 4.30. The molecule has 0 radical (unpaired) electrons. The molecular formula is C57H102O5. The van der Waals surface area contributed by atoms with Crippen LogP contribution in [0.1, 0.15) is 265 Å². The summed E-state index contributed by atoms with van der Waals surface area (Å²) in [4.78, 5) is 25.4. The van der Waals surface area contributed by atoms with Gasteiger partial charge in [-0.25, -0.2) is 0 Å². The highest BCUT2D eigenvalue weighted by Crippen LogP contribution is 2.15. The molecule has 0 aromatic heterocycles. The average Bonchev–Trinajstić information content (AvgIpc) is 3.27. The van der Waals surface area contributed by atoms with E-state index in [4.69, 9.17) is 14.2 Å². The van der Waals surface area contributed by atoms with Crippen molar-refractivity contribution in [3.63, 3.8) is 0 Å². The largest absolute Gasteiger partial charge is 0.462 e. The van der Waals surface area contributed by atoms with Gasteiger partial charge in [-0.05, 0) is 83.5 Å². The van der Waals surface area contributed by atoms with E-state index < -0.39 is 6.10 Å². The second-order valence-electron chi connectivity index (χ2n) is 17.8. The summed E-state index contributed by atoms with van der Waals surface area (Å²) < 4.78 is 17.4. The van der Waals surface area contributed by atoms with E-state index in [-0.39, 0.29) is 25.2 Å². The smallest absolute Gasteiger partial charge is 0.306 e. The zero-order chi connectivity index (χ0) is 44.9. The fourth-order valence-corrected chi connectivity index (χ4v) is 7.56. The van der Waals surface area contributed by atoms with Crippen molar-refractivity contribution in [3.8, 4) is 0 Å². The first-order valence-corrected chi connectivity index (χ1v) is 26.8. The Morgan fingerprint density at radius 2 is 0.726 bits per heavy atom. The van der Waals surface area contributed by atoms with Crippen molar-refractivity contribution in [2.24, 2.45) is 0 Å². The topological polar surface area (TPSA) is 61.8 Å². The van der Waals surface area contributed by atoms with Crippen LogP contribution in [0.15, 0.2) is 60.8 Å². The lowest BCUT2D eigenvalue weighted by Crippen LogP contribution is -2.30. The van der Waals surface area contributed by atoms with E-state index in [1.54, 1.807) is 0 Å². The Kier molecular flexibility index (Phi) is 50.9. The maximum Gasteiger partial charge on any atom is 0.306 e. The SMILES string of the molecule is CC/C=C\C/C=C\C/C=C\C/C=C\CCCCC(=O)OCC(COCCCCCCCCCC/C=C\CCCCCCCC)OC(=O)CCCCCCCCCCCCCCC. The third kappa shape index (κ3) is 50.2. The maximum atomic E-state index is 12.8. The Morgan fingerprint density at radius 3 is 1.21 bits per heavy atom. The van der Waals surface area contributed by atoms with Crippen LogP contribution in [0.3, 0.4) is 0 Å². The van der Waals surface area contributed by atoms with Gasteiger partial charge in [-0.3, -0.25) is 9.59 Å². The van der Waals surface area contributed by atoms with Crippen molar-refractivity contribution in [2.45, 2.75) is 271 Å². The van der Waals surface area contributed by atoms with E-state index >= 15 is 0 Å². The van der Waals surface area contributed by atoms with E-state index in [1.807, 2.05) is 0 Å². The molecule has 0 aliphatic carbocycles. The molecule has 5 heteroatoms. The maximum absolute atomic E-state index is 12.8. The minimum atomic E-state index is -0.553. The van der Waals surface area contributed by atoms with Crippen LogP contribution < -0.4 is 0 Å². The van der Waals surface area contributed by atoms with Gasteiger partial charge in [-0.2, -0.15) is 0 Å². The molecule has 0 aliphatic rings. The van der Waals surface area contributed by atoms with Crippen LogP contribution in [0.5, 0.6) is 0 Å². The Hall–Kier alpha value is -2.40. The summed E-state index contributed by atoms with van der Waals surface area (Å²) in [5, 5.41) is 0. The van der Waals surface area contributed by atoms with Crippen molar-refractivity contribution in [1.29, 1.82) is 0 Å². The standard InChI is InChI=1S/C57H102O5/c1-4-7-10-13-16-19-22-25-27-28-29-31-34-37-40-43-46-49-52-60-53-55(62-57(59)51-48-45-42-39-36-32-24-21-18-15-12-9-6-3)54-61-56(58)50-47-44-41-38-35-33-30-26-23-20-17-14-11-8-5-2/h8,11,17,20,25-27,30,35,38,55H,4-7,9-10,12-16,18-19,21-24,28-29,31-34,36-37,39-54H2,1-3H3/b11-8-,20-17-,27-25-,30-26-,38-35-. The van der Waals surface area contributed by atoms with E-state index in [0.29, 0.717) is 19.4 Å². The van der Waals surface area contributed by atoms with Crippen LogP contribution >= 0.6 is 0 Å². The molecule has 1 atom stereocenters. The molecule has 5 nitrogen and oxygen atoms in total. The van der Waals surface area contributed by atoms with Crippen LogP contribution in [0, 0.1) is 0 Å². The van der Waals surface area contributed by atoms with E-state index in [1.165, 1.54) is 161 Å². The molecule has 0 saturated carbocycles. The first kappa shape index (κ1) is 59.6. The van der Waals surface area contributed by atoms with E-state index in [9.17, 15) is 9.59 Å². The lowest BCUT2D eigenvalue weighted by atomic mass is 10.0. The molecule has 0 aromatic rings. The van der Waals surface area contributed by atoms with Gasteiger partial charge in [0.15, 0.2) is 6.10 Å². The molecule has 0 fully saturated rings. The zero-order valence-corrected chi connectivity index (χ0v) is 41.4. The first-order valence-electron chi connectivity index (χ1n) is 26.8. The molecule has 0 rings (SSSR count). The highest BCUT2D eigenvalue weighted by Gasteiger charge is 2.17. The number of rotatable bonds is 49. The molecule has 0 amide bonds. The normalized spacial score (nSPS) is 12.6. The minimum Gasteiger partial charge on any atom is -0.462 e. The van der Waals surface area contributed by atoms with Crippen molar-refractivity contribution in [3.05, 3.63) is 60.8 Å². The Labute approximate surface area is 385 Å². The van der Waals surface area contributed by atoms with Gasteiger partial charge < -0.3 is 14.2 Å². The van der Waals surface area contributed by atoms with E-state index in [0.717, 1.165) is 70.6 Å². The fraction of sp³-hybridized carbons (Fsp3) is 0.789. The van der Waals surface area contributed by atoms with Crippen LogP contribution in [-0.4, -0.2) is 37.9 Å². The van der Waals surface area contributed by atoms with Crippen LogP contribution in [0.25, 0.3) is 0 Å². The number of allylic oxidation sites excluding steroid dienone is 10. The molecule has 0 aliphatic heterocycles. The number of hydrogen-bond donors (Lipinski definition) is 0. The highest BCUT2D eigenvalue weighted by molar-refractivity contribution is 5.70. The molecular weight excluding hydrogens is 765 g/mol. The molecule has 0 saturated heterocycles. The summed E-state index contributed by atoms with van der Waals surface area (Å²) >= 11 is 0. The summed E-state index contributed by atoms with van der Waals surface area (Å²) in [6.07, 6.45) is 66.6. The number of ether oxygens (including phenoxy) is 3. The van der Waals surface area contributed by atoms with Gasteiger partial charge >= 0.3 is 11.9 Å². The monoisotopic (exact) mass is 867 g/mol. The zero-order valence-electron chi connectivity index (χ0n) is 41.4. The molecule has 0 bridgehead atoms. The second-order valence-corrected chi connectivity index (χ2v) is 17.8. The van der Waals surface area contributed by atoms with Crippen molar-refractivity contribution >= 4 is 11.9 Å². The van der Waals surface area contributed by atoms with Crippen molar-refractivity contribution < 1.29 is 23.8 Å². The Morgan fingerprint density at radius 1 is 0.371 bits per heavy atom. The summed E-state index contributed by atoms with van der Waals surface area (Å²) in [6, 6.07) is 0. The van der Waals surface area contributed by atoms with Crippen molar-refractivity contribution in [2.75, 3.05) is 19.8 Å². The summed E-state index contributed by atoms with van der Waals surface area (Å²) in [5.74, 6) is -0.438. The lowest BCUT2D eigenvalue weighted by molar-refractivity contribution is -0.163. The molecule has 0 spiro atoms. The van der Waals surface area contributed by atoms with Gasteiger partial charge in [-0.15, -0.1) is 0 Å². The quantitative estimate of drug-likeness (QED) is 0.0346. The first-order chi connectivity index (χ1) is 30.6. The number of hydrogen-bond acceptors (Lipinski definition) is 5. The van der Waals surface area contributed by atoms with Crippen LogP contribution in [-0.2, 0) is 23.8 Å². The van der Waals surface area contributed by atoms with Gasteiger partial charge in [0.25, 0.3) is 0 Å². The van der Waals surface area contributed by atoms with Crippen LogP contribution in [0.2, 0.25) is 0 Å². The molecule has 1 unspecified atom stereocenters. The molecule has 0 heterocycles. The van der Waals surface area contributed by atoms with Gasteiger partial charge in [0.1, 0.15) is 6.61 Å². The van der Waals surface area contributed by atoms with Crippen LogP contribution in [0.4, 0.5) is 0 Å². The fourth-order valence-electron chi connectivity index (χ4n) is 7.56. The number of carbonyl (C=O) groups is 2. The predicted octanol–water partition coefficient (Wildman–Crippen LogP) is 18.1. The Bertz CT molecular complexity index is 1070. The number of esters is 2. The summed E-state index contributed by atoms with van der Waals surface area (Å²) in [7, 11) is 0. The number of unbranched alkanes of at least 4 members (excludes halogenated alkanes) is 28. The molecule has 62 heavy (non-hydrogen) atoms. The van der Waals surface area contributed by atoms with Gasteiger partial charge in [0.05, 0.1) is 6.61 Å². The summed E-state index contributed by atoms with van der Waals surface area (Å²) in [6.45, 7) is 7.69. The third-order valence-corrected chi connectivity index (χ3v) is 11.5. The van der Waals surface area contributed by atoms with Gasteiger partial charge in [0, 0.05) is 19.4 Å². The molecule has 0 N–H and O–H groups in total. The highest BCUT2D eigenvalue weighted by atomic mass is 16.6. The minimum absolute atomic E-state index is 0.0644. The second kappa shape index (κ2) is 52.9. The molecule has 360 valence electrons. The lowest BCUT2D eigenvalue weighted by Gasteiger charge is -2.18. The predicted molar refractivity (Wildman–Crippen MR) is 270 cm³/mol. The van der Waals surface area contributed by atoms with Crippen molar-refractivity contribution in [1.82, 2.24) is 0 Å². The van der Waals surface area contributed by atoms with E-state index in [2.05, 4.69) is 81.5 Å².